The van der Waals surface area contributed by atoms with Gasteiger partial charge in [0.2, 0.25) is 0 Å². The van der Waals surface area contributed by atoms with E-state index in [2.05, 4.69) is 10.2 Å². The van der Waals surface area contributed by atoms with Gasteiger partial charge in [-0.15, -0.1) is 12.4 Å². The summed E-state index contributed by atoms with van der Waals surface area (Å²) in [6, 6.07) is 5.43. The highest BCUT2D eigenvalue weighted by Gasteiger charge is 2.35. The van der Waals surface area contributed by atoms with Crippen LogP contribution < -0.4 is 5.32 Å². The van der Waals surface area contributed by atoms with Crippen molar-refractivity contribution in [2.75, 3.05) is 32.7 Å². The second-order valence-corrected chi connectivity index (χ2v) is 8.70. The van der Waals surface area contributed by atoms with Gasteiger partial charge in [-0.1, -0.05) is 29.3 Å². The van der Waals surface area contributed by atoms with Crippen LogP contribution in [0, 0.1) is 5.41 Å². The Hall–Kier alpha value is -0.360. The van der Waals surface area contributed by atoms with Crippen LogP contribution in [0.15, 0.2) is 18.2 Å². The van der Waals surface area contributed by atoms with Gasteiger partial charge in [0, 0.05) is 25.9 Å². The summed E-state index contributed by atoms with van der Waals surface area (Å²) in [6.45, 7) is 4.65. The Labute approximate surface area is 178 Å². The third-order valence-electron chi connectivity index (χ3n) is 5.83. The molecular formula is C20H29Cl3N2O2. The topological polar surface area (TPSA) is 52.6 Å². The average Bonchev–Trinajstić information content (AvgIpc) is 3.03. The van der Waals surface area contributed by atoms with Crippen molar-refractivity contribution in [2.45, 2.75) is 44.6 Å². The van der Waals surface area contributed by atoms with E-state index in [1.165, 1.54) is 0 Å². The highest BCUT2D eigenvalue weighted by Crippen LogP contribution is 2.37. The lowest BCUT2D eigenvalue weighted by molar-refractivity contribution is -0.121. The van der Waals surface area contributed by atoms with Gasteiger partial charge in [-0.25, -0.2) is 0 Å². The van der Waals surface area contributed by atoms with E-state index >= 15 is 0 Å². The Morgan fingerprint density at radius 3 is 2.63 bits per heavy atom. The van der Waals surface area contributed by atoms with E-state index in [0.29, 0.717) is 22.9 Å². The second kappa shape index (κ2) is 10.4. The molecular weight excluding hydrogens is 407 g/mol. The number of carbonyl (C=O) groups excluding carboxylic acids is 1. The number of rotatable bonds is 7. The predicted molar refractivity (Wildman–Crippen MR) is 113 cm³/mol. The summed E-state index contributed by atoms with van der Waals surface area (Å²) < 4.78 is 0. The van der Waals surface area contributed by atoms with Gasteiger partial charge >= 0.3 is 0 Å². The van der Waals surface area contributed by atoms with Crippen LogP contribution in [0.5, 0.6) is 0 Å². The zero-order valence-corrected chi connectivity index (χ0v) is 17.9. The van der Waals surface area contributed by atoms with Crippen molar-refractivity contribution in [3.05, 3.63) is 33.8 Å². The number of β-amino-alcohol motifs (C(OH)–C–C–N with tert-alkyl or cyclic N) is 1. The number of nitrogens with zero attached hydrogens (tertiary/aromatic N) is 1. The van der Waals surface area contributed by atoms with E-state index in [-0.39, 0.29) is 29.7 Å². The van der Waals surface area contributed by atoms with Crippen molar-refractivity contribution in [1.29, 1.82) is 0 Å². The van der Waals surface area contributed by atoms with E-state index in [9.17, 15) is 9.90 Å². The molecule has 2 heterocycles. The molecule has 1 aromatic rings. The number of nitrogens with one attached hydrogen (secondary N) is 1. The first kappa shape index (κ1) is 22.9. The molecule has 2 N–H and O–H groups in total. The number of aliphatic hydroxyl groups is 1. The molecule has 0 amide bonds. The van der Waals surface area contributed by atoms with E-state index < -0.39 is 0 Å². The first-order valence-corrected chi connectivity index (χ1v) is 10.3. The highest BCUT2D eigenvalue weighted by molar-refractivity contribution is 6.42. The first-order valence-electron chi connectivity index (χ1n) is 9.53. The average molecular weight is 436 g/mol. The molecule has 2 aliphatic rings. The number of halogens is 3. The van der Waals surface area contributed by atoms with Crippen molar-refractivity contribution in [3.63, 3.8) is 0 Å². The summed E-state index contributed by atoms with van der Waals surface area (Å²) in [5.74, 6) is 0.270. The molecule has 152 valence electrons. The van der Waals surface area contributed by atoms with Gasteiger partial charge in [-0.3, -0.25) is 4.79 Å². The summed E-state index contributed by atoms with van der Waals surface area (Å²) in [7, 11) is 0. The molecule has 0 radical (unpaired) electrons. The Morgan fingerprint density at radius 2 is 2.00 bits per heavy atom. The van der Waals surface area contributed by atoms with Crippen molar-refractivity contribution in [3.8, 4) is 0 Å². The zero-order chi connectivity index (χ0) is 18.6. The van der Waals surface area contributed by atoms with Crippen molar-refractivity contribution >= 4 is 41.4 Å². The summed E-state index contributed by atoms with van der Waals surface area (Å²) in [5, 5.41) is 14.2. The number of hydrogen-bond donors (Lipinski definition) is 2. The molecule has 0 aromatic heterocycles. The standard InChI is InChI=1S/C20H28Cl2N2O2.ClH/c21-18-2-1-15(12-19(18)22)11-17(26)13-20(4-7-23-8-5-20)6-10-24-9-3-16(25)14-24;/h1-2,12,16,23,25H,3-11,13-14H2;1H. The van der Waals surface area contributed by atoms with Gasteiger partial charge in [0.05, 0.1) is 16.1 Å². The monoisotopic (exact) mass is 434 g/mol. The molecule has 7 heteroatoms. The Morgan fingerprint density at radius 1 is 1.26 bits per heavy atom. The predicted octanol–water partition coefficient (Wildman–Crippen LogP) is 3.74. The normalized spacial score (nSPS) is 22.4. The second-order valence-electron chi connectivity index (χ2n) is 7.88. The van der Waals surface area contributed by atoms with Gasteiger partial charge in [0.1, 0.15) is 5.78 Å². The van der Waals surface area contributed by atoms with Crippen LogP contribution in [-0.4, -0.2) is 54.6 Å². The van der Waals surface area contributed by atoms with Crippen LogP contribution >= 0.6 is 35.6 Å². The summed E-state index contributed by atoms with van der Waals surface area (Å²) in [5.41, 5.74) is 1.00. The molecule has 0 aliphatic carbocycles. The summed E-state index contributed by atoms with van der Waals surface area (Å²) >= 11 is 12.0. The fraction of sp³-hybridized carbons (Fsp3) is 0.650. The molecule has 2 saturated heterocycles. The zero-order valence-electron chi connectivity index (χ0n) is 15.6. The lowest BCUT2D eigenvalue weighted by Crippen LogP contribution is -2.40. The maximum atomic E-state index is 12.8. The number of benzene rings is 1. The van der Waals surface area contributed by atoms with Gasteiger partial charge in [-0.2, -0.15) is 0 Å². The van der Waals surface area contributed by atoms with E-state index in [1.54, 1.807) is 12.1 Å². The number of carbonyl (C=O) groups is 1. The number of hydrogen-bond acceptors (Lipinski definition) is 4. The first-order chi connectivity index (χ1) is 12.5. The van der Waals surface area contributed by atoms with Crippen molar-refractivity contribution < 1.29 is 9.90 Å². The molecule has 2 aliphatic heterocycles. The minimum Gasteiger partial charge on any atom is -0.392 e. The lowest BCUT2D eigenvalue weighted by atomic mass is 9.72. The van der Waals surface area contributed by atoms with Crippen LogP contribution in [0.4, 0.5) is 0 Å². The maximum absolute atomic E-state index is 12.8. The Bertz CT molecular complexity index is 636. The molecule has 2 fully saturated rings. The van der Waals surface area contributed by atoms with Crippen molar-refractivity contribution in [1.82, 2.24) is 10.2 Å². The van der Waals surface area contributed by atoms with E-state index in [0.717, 1.165) is 64.0 Å². The number of ketones is 1. The molecule has 0 spiro atoms. The maximum Gasteiger partial charge on any atom is 0.137 e. The molecule has 1 atom stereocenters. The largest absolute Gasteiger partial charge is 0.392 e. The smallest absolute Gasteiger partial charge is 0.137 e. The molecule has 0 saturated carbocycles. The Balaban J connectivity index is 0.00000261. The fourth-order valence-electron chi connectivity index (χ4n) is 4.24. The molecule has 3 rings (SSSR count). The molecule has 27 heavy (non-hydrogen) atoms. The molecule has 4 nitrogen and oxygen atoms in total. The summed E-state index contributed by atoms with van der Waals surface area (Å²) in [6.07, 6.45) is 4.81. The number of Topliss-reactive ketones (excluding diaryl/α,β-unsaturated/α-hetero) is 1. The highest BCUT2D eigenvalue weighted by atomic mass is 35.5. The molecule has 1 aromatic carbocycles. The van der Waals surface area contributed by atoms with Gasteiger partial charge < -0.3 is 15.3 Å². The van der Waals surface area contributed by atoms with E-state index in [1.807, 2.05) is 6.07 Å². The molecule has 1 unspecified atom stereocenters. The van der Waals surface area contributed by atoms with Gasteiger partial charge in [0.15, 0.2) is 0 Å². The third-order valence-corrected chi connectivity index (χ3v) is 6.57. The van der Waals surface area contributed by atoms with Crippen LogP contribution in [0.25, 0.3) is 0 Å². The number of piperidine rings is 1. The van der Waals surface area contributed by atoms with Gasteiger partial charge in [0.25, 0.3) is 0 Å². The van der Waals surface area contributed by atoms with Crippen LogP contribution in [0.3, 0.4) is 0 Å². The fourth-order valence-corrected chi connectivity index (χ4v) is 4.56. The SMILES string of the molecule is Cl.O=C(Cc1ccc(Cl)c(Cl)c1)CC1(CCN2CCC(O)C2)CCNCC1. The van der Waals surface area contributed by atoms with Crippen LogP contribution in [0.2, 0.25) is 10.0 Å². The minimum atomic E-state index is -0.185. The lowest BCUT2D eigenvalue weighted by Gasteiger charge is -2.38. The van der Waals surface area contributed by atoms with Crippen LogP contribution in [0.1, 0.15) is 37.7 Å². The van der Waals surface area contributed by atoms with Gasteiger partial charge in [-0.05, 0) is 68.4 Å². The minimum absolute atomic E-state index is 0. The Kier molecular flexibility index (Phi) is 8.85. The van der Waals surface area contributed by atoms with Crippen molar-refractivity contribution in [2.24, 2.45) is 5.41 Å². The third kappa shape index (κ3) is 6.59. The quantitative estimate of drug-likeness (QED) is 0.685. The molecule has 0 bridgehead atoms. The van der Waals surface area contributed by atoms with Crippen LogP contribution in [-0.2, 0) is 11.2 Å². The number of likely N-dealkylation sites (tertiary alicyclic amines) is 1. The summed E-state index contributed by atoms with van der Waals surface area (Å²) in [4.78, 5) is 15.1. The number of aliphatic hydroxyl groups excluding tert-OH is 1. The van der Waals surface area contributed by atoms with E-state index in [4.69, 9.17) is 23.2 Å².